The van der Waals surface area contributed by atoms with Gasteiger partial charge in [-0.05, 0) is 31.1 Å². The zero-order valence-corrected chi connectivity index (χ0v) is 8.60. The van der Waals surface area contributed by atoms with Gasteiger partial charge in [0, 0.05) is 0 Å². The quantitative estimate of drug-likeness (QED) is 0.609. The van der Waals surface area contributed by atoms with Crippen LogP contribution >= 0.6 is 0 Å². The lowest BCUT2D eigenvalue weighted by atomic mass is 9.68. The smallest absolute Gasteiger partial charge is 0.0596 e. The number of aliphatic hydroxyl groups is 1. The maximum Gasteiger partial charge on any atom is 0.0596 e. The van der Waals surface area contributed by atoms with Crippen LogP contribution in [0.25, 0.3) is 0 Å². The molecule has 2 aliphatic rings. The summed E-state index contributed by atoms with van der Waals surface area (Å²) in [6.07, 6.45) is 13.1. The molecule has 2 aliphatic carbocycles. The first kappa shape index (κ1) is 9.51. The van der Waals surface area contributed by atoms with E-state index in [0.29, 0.717) is 5.41 Å². The Hall–Kier alpha value is -0.0400. The van der Waals surface area contributed by atoms with E-state index < -0.39 is 0 Å². The predicted molar refractivity (Wildman–Crippen MR) is 54.6 cm³/mol. The van der Waals surface area contributed by atoms with E-state index in [0.717, 1.165) is 6.42 Å². The van der Waals surface area contributed by atoms with Crippen LogP contribution in [0.1, 0.15) is 64.2 Å². The van der Waals surface area contributed by atoms with Crippen LogP contribution in [0.15, 0.2) is 0 Å². The van der Waals surface area contributed by atoms with Gasteiger partial charge in [0.2, 0.25) is 0 Å². The van der Waals surface area contributed by atoms with Crippen LogP contribution in [-0.4, -0.2) is 11.2 Å². The Morgan fingerprint density at radius 2 is 1.31 bits per heavy atom. The molecule has 0 saturated heterocycles. The van der Waals surface area contributed by atoms with Crippen molar-refractivity contribution in [2.45, 2.75) is 70.3 Å². The molecule has 1 unspecified atom stereocenters. The van der Waals surface area contributed by atoms with Gasteiger partial charge in [0.25, 0.3) is 0 Å². The van der Waals surface area contributed by atoms with Crippen molar-refractivity contribution in [1.29, 1.82) is 0 Å². The zero-order valence-electron chi connectivity index (χ0n) is 8.60. The number of aliphatic hydroxyl groups excluding tert-OH is 1. The Kier molecular flexibility index (Phi) is 2.92. The molecule has 0 aromatic carbocycles. The summed E-state index contributed by atoms with van der Waals surface area (Å²) >= 11 is 0. The second kappa shape index (κ2) is 4.00. The Morgan fingerprint density at radius 3 is 1.92 bits per heavy atom. The molecule has 0 bridgehead atoms. The molecule has 13 heavy (non-hydrogen) atoms. The van der Waals surface area contributed by atoms with Crippen molar-refractivity contribution in [2.75, 3.05) is 0 Å². The summed E-state index contributed by atoms with van der Waals surface area (Å²) in [5, 5.41) is 10.2. The minimum absolute atomic E-state index is 0.0234. The molecule has 0 aromatic heterocycles. The van der Waals surface area contributed by atoms with Crippen LogP contribution in [0.3, 0.4) is 0 Å². The summed E-state index contributed by atoms with van der Waals surface area (Å²) in [6, 6.07) is 0. The maximum atomic E-state index is 10.2. The van der Waals surface area contributed by atoms with Gasteiger partial charge < -0.3 is 5.11 Å². The summed E-state index contributed by atoms with van der Waals surface area (Å²) in [5.41, 5.74) is 0.356. The summed E-state index contributed by atoms with van der Waals surface area (Å²) in [6.45, 7) is 0. The third-order valence-electron chi connectivity index (χ3n) is 4.21. The lowest BCUT2D eigenvalue weighted by Crippen LogP contribution is -2.36. The highest BCUT2D eigenvalue weighted by atomic mass is 16.3. The van der Waals surface area contributed by atoms with Gasteiger partial charge in [0.15, 0.2) is 0 Å². The maximum absolute atomic E-state index is 10.2. The van der Waals surface area contributed by atoms with E-state index in [4.69, 9.17) is 0 Å². The van der Waals surface area contributed by atoms with E-state index in [9.17, 15) is 5.11 Å². The standard InChI is InChI=1S/C12H22O/c13-11-7-3-1-4-8-12(11)9-5-2-6-10-12/h11,13H,1-10H2. The molecule has 2 saturated carbocycles. The number of rotatable bonds is 0. The normalized spacial score (nSPS) is 34.4. The van der Waals surface area contributed by atoms with Gasteiger partial charge in [0.1, 0.15) is 0 Å². The molecule has 76 valence electrons. The van der Waals surface area contributed by atoms with E-state index in [1.54, 1.807) is 0 Å². The average molecular weight is 182 g/mol. The second-order valence-electron chi connectivity index (χ2n) is 5.04. The third-order valence-corrected chi connectivity index (χ3v) is 4.21. The second-order valence-corrected chi connectivity index (χ2v) is 5.04. The Bertz CT molecular complexity index is 159. The molecule has 2 fully saturated rings. The SMILES string of the molecule is OC1CCCCCC12CCCCC2. The van der Waals surface area contributed by atoms with Gasteiger partial charge in [-0.25, -0.2) is 0 Å². The van der Waals surface area contributed by atoms with Gasteiger partial charge in [-0.1, -0.05) is 38.5 Å². The molecule has 1 heteroatoms. The molecule has 2 rings (SSSR count). The fraction of sp³-hybridized carbons (Fsp3) is 1.00. The highest BCUT2D eigenvalue weighted by Gasteiger charge is 2.38. The molecule has 0 aliphatic heterocycles. The monoisotopic (exact) mass is 182 g/mol. The average Bonchev–Trinajstić information content (AvgIpc) is 2.33. The molecule has 1 nitrogen and oxygen atoms in total. The summed E-state index contributed by atoms with van der Waals surface area (Å²) in [5.74, 6) is 0. The molecular formula is C12H22O. The van der Waals surface area contributed by atoms with Gasteiger partial charge in [-0.2, -0.15) is 0 Å². The first-order valence-electron chi connectivity index (χ1n) is 6.02. The van der Waals surface area contributed by atoms with E-state index in [-0.39, 0.29) is 6.10 Å². The molecule has 0 radical (unpaired) electrons. The van der Waals surface area contributed by atoms with Crippen molar-refractivity contribution in [1.82, 2.24) is 0 Å². The van der Waals surface area contributed by atoms with Crippen molar-refractivity contribution in [2.24, 2.45) is 5.41 Å². The number of hydrogen-bond donors (Lipinski definition) is 1. The highest BCUT2D eigenvalue weighted by molar-refractivity contribution is 4.90. The fourth-order valence-corrected chi connectivity index (χ4v) is 3.30. The Labute approximate surface area is 81.5 Å². The summed E-state index contributed by atoms with van der Waals surface area (Å²) in [7, 11) is 0. The van der Waals surface area contributed by atoms with Gasteiger partial charge >= 0.3 is 0 Å². The van der Waals surface area contributed by atoms with Crippen molar-refractivity contribution in [3.8, 4) is 0 Å². The fourth-order valence-electron chi connectivity index (χ4n) is 3.30. The molecule has 1 spiro atoms. The van der Waals surface area contributed by atoms with Crippen LogP contribution in [0, 0.1) is 5.41 Å². The first-order chi connectivity index (χ1) is 6.33. The van der Waals surface area contributed by atoms with Crippen molar-refractivity contribution < 1.29 is 5.11 Å². The molecule has 0 amide bonds. The molecular weight excluding hydrogens is 160 g/mol. The minimum atomic E-state index is 0.0234. The van der Waals surface area contributed by atoms with Crippen LogP contribution < -0.4 is 0 Å². The van der Waals surface area contributed by atoms with Gasteiger partial charge in [0.05, 0.1) is 6.10 Å². The third kappa shape index (κ3) is 1.90. The molecule has 1 atom stereocenters. The van der Waals surface area contributed by atoms with Crippen molar-refractivity contribution >= 4 is 0 Å². The molecule has 1 N–H and O–H groups in total. The highest BCUT2D eigenvalue weighted by Crippen LogP contribution is 2.46. The lowest BCUT2D eigenvalue weighted by molar-refractivity contribution is -0.00920. The zero-order chi connectivity index (χ0) is 9.15. The van der Waals surface area contributed by atoms with Crippen molar-refractivity contribution in [3.63, 3.8) is 0 Å². The molecule has 0 aromatic rings. The van der Waals surface area contributed by atoms with E-state index in [1.165, 1.54) is 57.8 Å². The first-order valence-corrected chi connectivity index (χ1v) is 6.02. The Balaban J connectivity index is 2.06. The minimum Gasteiger partial charge on any atom is -0.393 e. The summed E-state index contributed by atoms with van der Waals surface area (Å²) in [4.78, 5) is 0. The number of hydrogen-bond acceptors (Lipinski definition) is 1. The van der Waals surface area contributed by atoms with Crippen LogP contribution in [0.5, 0.6) is 0 Å². The summed E-state index contributed by atoms with van der Waals surface area (Å²) < 4.78 is 0. The van der Waals surface area contributed by atoms with E-state index in [1.807, 2.05) is 0 Å². The topological polar surface area (TPSA) is 20.2 Å². The van der Waals surface area contributed by atoms with Crippen LogP contribution in [-0.2, 0) is 0 Å². The van der Waals surface area contributed by atoms with Crippen molar-refractivity contribution in [3.05, 3.63) is 0 Å². The van der Waals surface area contributed by atoms with Gasteiger partial charge in [-0.3, -0.25) is 0 Å². The Morgan fingerprint density at radius 1 is 0.769 bits per heavy atom. The molecule has 0 heterocycles. The van der Waals surface area contributed by atoms with Gasteiger partial charge in [-0.15, -0.1) is 0 Å². The van der Waals surface area contributed by atoms with E-state index in [2.05, 4.69) is 0 Å². The van der Waals surface area contributed by atoms with E-state index >= 15 is 0 Å². The largest absolute Gasteiger partial charge is 0.393 e. The lowest BCUT2D eigenvalue weighted by Gasteiger charge is -2.40. The van der Waals surface area contributed by atoms with Crippen LogP contribution in [0.2, 0.25) is 0 Å². The predicted octanol–water partition coefficient (Wildman–Crippen LogP) is 3.26. The van der Waals surface area contributed by atoms with Crippen LogP contribution in [0.4, 0.5) is 0 Å².